The van der Waals surface area contributed by atoms with Crippen LogP contribution in [-0.4, -0.2) is 27.9 Å². The van der Waals surface area contributed by atoms with Crippen molar-refractivity contribution in [2.24, 2.45) is 0 Å². The molecule has 0 saturated carbocycles. The summed E-state index contributed by atoms with van der Waals surface area (Å²) in [6.07, 6.45) is 1.05. The van der Waals surface area contributed by atoms with Crippen LogP contribution in [0.3, 0.4) is 0 Å². The standard InChI is InChI=1S/C18H23NO3/c1-20-16-12-18(22-3)17(21-2)11-15(16)13-19-10-9-14-7-5-4-6-8-14/h4-8,11-12,19H,9-10,13H2,1-3H3/p+1. The fourth-order valence-electron chi connectivity index (χ4n) is 2.42. The van der Waals surface area contributed by atoms with Crippen LogP contribution in [0.5, 0.6) is 17.2 Å². The van der Waals surface area contributed by atoms with Crippen molar-refractivity contribution < 1.29 is 19.5 Å². The first-order valence-electron chi connectivity index (χ1n) is 7.43. The predicted molar refractivity (Wildman–Crippen MR) is 86.7 cm³/mol. The van der Waals surface area contributed by atoms with Crippen molar-refractivity contribution in [2.45, 2.75) is 13.0 Å². The van der Waals surface area contributed by atoms with Gasteiger partial charge in [-0.3, -0.25) is 0 Å². The van der Waals surface area contributed by atoms with Gasteiger partial charge in [-0.25, -0.2) is 0 Å². The van der Waals surface area contributed by atoms with Gasteiger partial charge >= 0.3 is 0 Å². The molecule has 0 spiro atoms. The molecule has 118 valence electrons. The van der Waals surface area contributed by atoms with Crippen LogP contribution in [0.2, 0.25) is 0 Å². The van der Waals surface area contributed by atoms with Gasteiger partial charge in [0.2, 0.25) is 0 Å². The molecule has 0 fully saturated rings. The second-order valence-corrected chi connectivity index (χ2v) is 5.04. The van der Waals surface area contributed by atoms with Crippen molar-refractivity contribution in [3.63, 3.8) is 0 Å². The molecule has 0 amide bonds. The fourth-order valence-corrected chi connectivity index (χ4v) is 2.42. The van der Waals surface area contributed by atoms with E-state index in [1.54, 1.807) is 21.3 Å². The van der Waals surface area contributed by atoms with Gasteiger partial charge in [0, 0.05) is 12.5 Å². The van der Waals surface area contributed by atoms with Gasteiger partial charge in [-0.15, -0.1) is 0 Å². The molecule has 0 aliphatic carbocycles. The summed E-state index contributed by atoms with van der Waals surface area (Å²) in [7, 11) is 4.95. The van der Waals surface area contributed by atoms with E-state index in [4.69, 9.17) is 14.2 Å². The lowest BCUT2D eigenvalue weighted by Gasteiger charge is -2.13. The first-order valence-corrected chi connectivity index (χ1v) is 7.43. The number of ether oxygens (including phenoxy) is 3. The summed E-state index contributed by atoms with van der Waals surface area (Å²) in [5.74, 6) is 2.25. The second-order valence-electron chi connectivity index (χ2n) is 5.04. The molecule has 0 saturated heterocycles. The Morgan fingerprint density at radius 1 is 0.818 bits per heavy atom. The van der Waals surface area contributed by atoms with Crippen LogP contribution in [-0.2, 0) is 13.0 Å². The third kappa shape index (κ3) is 4.15. The van der Waals surface area contributed by atoms with E-state index in [1.807, 2.05) is 18.2 Å². The predicted octanol–water partition coefficient (Wildman–Crippen LogP) is 2.02. The third-order valence-corrected chi connectivity index (χ3v) is 3.63. The Morgan fingerprint density at radius 2 is 1.45 bits per heavy atom. The average molecular weight is 302 g/mol. The van der Waals surface area contributed by atoms with Gasteiger partial charge in [0.15, 0.2) is 11.5 Å². The van der Waals surface area contributed by atoms with Crippen molar-refractivity contribution in [3.05, 3.63) is 53.6 Å². The first kappa shape index (κ1) is 16.2. The van der Waals surface area contributed by atoms with E-state index in [2.05, 4.69) is 29.6 Å². The number of quaternary nitrogens is 1. The minimum absolute atomic E-state index is 0.687. The number of hydrogen-bond donors (Lipinski definition) is 1. The Hall–Kier alpha value is -2.20. The zero-order chi connectivity index (χ0) is 15.8. The maximum absolute atomic E-state index is 5.45. The molecule has 0 heterocycles. The summed E-state index contributed by atoms with van der Waals surface area (Å²) in [6, 6.07) is 14.4. The molecule has 22 heavy (non-hydrogen) atoms. The van der Waals surface area contributed by atoms with Gasteiger partial charge in [-0.05, 0) is 11.6 Å². The lowest BCUT2D eigenvalue weighted by molar-refractivity contribution is -0.670. The molecule has 0 aromatic heterocycles. The highest BCUT2D eigenvalue weighted by Crippen LogP contribution is 2.34. The van der Waals surface area contributed by atoms with Crippen LogP contribution < -0.4 is 19.5 Å². The lowest BCUT2D eigenvalue weighted by atomic mass is 10.1. The summed E-state index contributed by atoms with van der Waals surface area (Å²) >= 11 is 0. The number of methoxy groups -OCH3 is 3. The van der Waals surface area contributed by atoms with Gasteiger partial charge in [0.25, 0.3) is 0 Å². The maximum Gasteiger partial charge on any atom is 0.164 e. The van der Waals surface area contributed by atoms with Gasteiger partial charge in [-0.1, -0.05) is 30.3 Å². The molecule has 0 bridgehead atoms. The molecule has 0 unspecified atom stereocenters. The van der Waals surface area contributed by atoms with E-state index < -0.39 is 0 Å². The van der Waals surface area contributed by atoms with Crippen LogP contribution in [0.25, 0.3) is 0 Å². The van der Waals surface area contributed by atoms with E-state index in [0.29, 0.717) is 5.75 Å². The normalized spacial score (nSPS) is 10.3. The molecule has 0 aliphatic rings. The monoisotopic (exact) mass is 302 g/mol. The van der Waals surface area contributed by atoms with Crippen molar-refractivity contribution in [2.75, 3.05) is 27.9 Å². The molecular weight excluding hydrogens is 278 g/mol. The van der Waals surface area contributed by atoms with Crippen molar-refractivity contribution in [3.8, 4) is 17.2 Å². The molecule has 0 atom stereocenters. The summed E-state index contributed by atoms with van der Waals surface area (Å²) in [6.45, 7) is 1.87. The molecule has 2 rings (SSSR count). The summed E-state index contributed by atoms with van der Waals surface area (Å²) in [4.78, 5) is 0. The smallest absolute Gasteiger partial charge is 0.164 e. The lowest BCUT2D eigenvalue weighted by Crippen LogP contribution is -2.83. The Kier molecular flexibility index (Phi) is 6.10. The van der Waals surface area contributed by atoms with Crippen LogP contribution in [0.1, 0.15) is 11.1 Å². The zero-order valence-corrected chi connectivity index (χ0v) is 13.5. The van der Waals surface area contributed by atoms with Crippen LogP contribution in [0, 0.1) is 0 Å². The Labute approximate surface area is 132 Å². The van der Waals surface area contributed by atoms with Crippen molar-refractivity contribution in [1.82, 2.24) is 0 Å². The van der Waals surface area contributed by atoms with Gasteiger partial charge in [0.1, 0.15) is 12.3 Å². The SMILES string of the molecule is COc1cc(OC)c(OC)cc1C[NH2+]CCc1ccccc1. The number of benzene rings is 2. The highest BCUT2D eigenvalue weighted by molar-refractivity contribution is 5.50. The van der Waals surface area contributed by atoms with E-state index >= 15 is 0 Å². The Balaban J connectivity index is 1.96. The topological polar surface area (TPSA) is 44.3 Å². The van der Waals surface area contributed by atoms with Crippen molar-refractivity contribution >= 4 is 0 Å². The van der Waals surface area contributed by atoms with Crippen LogP contribution in [0.15, 0.2) is 42.5 Å². The summed E-state index contributed by atoms with van der Waals surface area (Å²) < 4.78 is 16.1. The van der Waals surface area contributed by atoms with E-state index in [-0.39, 0.29) is 0 Å². The largest absolute Gasteiger partial charge is 0.496 e. The Morgan fingerprint density at radius 3 is 2.09 bits per heavy atom. The molecular formula is C18H24NO3+. The highest BCUT2D eigenvalue weighted by Gasteiger charge is 2.12. The number of nitrogens with two attached hydrogens (primary N) is 1. The fraction of sp³-hybridized carbons (Fsp3) is 0.333. The second kappa shape index (κ2) is 8.29. The van der Waals surface area contributed by atoms with E-state index in [0.717, 1.165) is 36.6 Å². The van der Waals surface area contributed by atoms with Crippen LogP contribution >= 0.6 is 0 Å². The Bertz CT molecular complexity index is 584. The van der Waals surface area contributed by atoms with E-state index in [1.165, 1.54) is 5.56 Å². The molecule has 4 heteroatoms. The van der Waals surface area contributed by atoms with Crippen LogP contribution in [0.4, 0.5) is 0 Å². The maximum atomic E-state index is 5.45. The molecule has 0 aliphatic heterocycles. The average Bonchev–Trinajstić information content (AvgIpc) is 2.58. The quantitative estimate of drug-likeness (QED) is 0.759. The molecule has 2 aromatic rings. The molecule has 2 N–H and O–H groups in total. The number of rotatable bonds is 8. The highest BCUT2D eigenvalue weighted by atomic mass is 16.5. The zero-order valence-electron chi connectivity index (χ0n) is 13.5. The molecule has 4 nitrogen and oxygen atoms in total. The summed E-state index contributed by atoms with van der Waals surface area (Å²) in [5.41, 5.74) is 2.46. The molecule has 2 aromatic carbocycles. The molecule has 0 radical (unpaired) electrons. The van der Waals surface area contributed by atoms with Gasteiger partial charge < -0.3 is 19.5 Å². The number of hydrogen-bond acceptors (Lipinski definition) is 3. The van der Waals surface area contributed by atoms with E-state index in [9.17, 15) is 0 Å². The van der Waals surface area contributed by atoms with Crippen molar-refractivity contribution in [1.29, 1.82) is 0 Å². The van der Waals surface area contributed by atoms with Gasteiger partial charge in [-0.2, -0.15) is 0 Å². The third-order valence-electron chi connectivity index (χ3n) is 3.63. The van der Waals surface area contributed by atoms with Gasteiger partial charge in [0.05, 0.1) is 33.4 Å². The minimum atomic E-state index is 0.687. The summed E-state index contributed by atoms with van der Waals surface area (Å²) in [5, 5.41) is 2.27. The first-order chi connectivity index (χ1) is 10.8. The minimum Gasteiger partial charge on any atom is -0.496 e.